The molecule has 0 aliphatic carbocycles. The number of nitrogens with two attached hydrogens (primary N) is 1. The Labute approximate surface area is 114 Å². The maximum Gasteiger partial charge on any atom is 0.227 e. The summed E-state index contributed by atoms with van der Waals surface area (Å²) in [6, 6.07) is 6.38. The van der Waals surface area contributed by atoms with Crippen LogP contribution in [-0.4, -0.2) is 19.0 Å². The van der Waals surface area contributed by atoms with E-state index in [0.717, 1.165) is 6.42 Å². The van der Waals surface area contributed by atoms with Crippen LogP contribution in [0.4, 0.5) is 10.1 Å². The van der Waals surface area contributed by atoms with Crippen LogP contribution in [0.15, 0.2) is 24.3 Å². The van der Waals surface area contributed by atoms with E-state index in [-0.39, 0.29) is 11.7 Å². The molecule has 1 rings (SSSR count). The smallest absolute Gasteiger partial charge is 0.227 e. The van der Waals surface area contributed by atoms with Crippen LogP contribution >= 0.6 is 0 Å². The third-order valence-corrected chi connectivity index (χ3v) is 2.97. The van der Waals surface area contributed by atoms with E-state index < -0.39 is 0 Å². The summed E-state index contributed by atoms with van der Waals surface area (Å²) < 4.78 is 13.8. The number of nitrogens with zero attached hydrogens (tertiary/aromatic N) is 1. The zero-order chi connectivity index (χ0) is 14.3. The summed E-state index contributed by atoms with van der Waals surface area (Å²) in [5.41, 5.74) is 5.84. The molecule has 1 aromatic carbocycles. The van der Waals surface area contributed by atoms with E-state index in [2.05, 4.69) is 13.8 Å². The first-order chi connectivity index (χ1) is 9.06. The number of amides is 1. The first-order valence-corrected chi connectivity index (χ1v) is 6.81. The minimum absolute atomic E-state index is 0.0350. The number of carbonyl (C=O) groups excluding carboxylic acids is 1. The first-order valence-electron chi connectivity index (χ1n) is 6.81. The van der Waals surface area contributed by atoms with Gasteiger partial charge in [0, 0.05) is 13.0 Å². The molecule has 0 heterocycles. The van der Waals surface area contributed by atoms with Crippen molar-refractivity contribution in [1.82, 2.24) is 0 Å². The Kier molecular flexibility index (Phi) is 6.50. The molecule has 4 heteroatoms. The zero-order valence-electron chi connectivity index (χ0n) is 11.7. The largest absolute Gasteiger partial charge is 0.330 e. The van der Waals surface area contributed by atoms with Crippen LogP contribution in [0.5, 0.6) is 0 Å². The maximum absolute atomic E-state index is 13.8. The highest BCUT2D eigenvalue weighted by molar-refractivity contribution is 5.93. The summed E-state index contributed by atoms with van der Waals surface area (Å²) in [6.45, 7) is 5.10. The van der Waals surface area contributed by atoms with Gasteiger partial charge in [-0.15, -0.1) is 0 Å². The Morgan fingerprint density at radius 1 is 1.37 bits per heavy atom. The van der Waals surface area contributed by atoms with Gasteiger partial charge >= 0.3 is 0 Å². The molecule has 19 heavy (non-hydrogen) atoms. The van der Waals surface area contributed by atoms with Crippen LogP contribution in [-0.2, 0) is 4.79 Å². The van der Waals surface area contributed by atoms with E-state index in [9.17, 15) is 9.18 Å². The van der Waals surface area contributed by atoms with Gasteiger partial charge in [0.15, 0.2) is 0 Å². The van der Waals surface area contributed by atoms with Crippen LogP contribution in [0.3, 0.4) is 0 Å². The fraction of sp³-hybridized carbons (Fsp3) is 0.533. The molecule has 0 saturated heterocycles. The molecule has 1 aromatic rings. The van der Waals surface area contributed by atoms with Crippen LogP contribution in [0.1, 0.15) is 33.1 Å². The van der Waals surface area contributed by atoms with Gasteiger partial charge < -0.3 is 10.6 Å². The summed E-state index contributed by atoms with van der Waals surface area (Å²) in [4.78, 5) is 13.7. The van der Waals surface area contributed by atoms with Crippen molar-refractivity contribution in [3.8, 4) is 0 Å². The van der Waals surface area contributed by atoms with E-state index in [1.807, 2.05) is 0 Å². The van der Waals surface area contributed by atoms with Crippen molar-refractivity contribution in [1.29, 1.82) is 0 Å². The number of hydrogen-bond donors (Lipinski definition) is 1. The standard InChI is InChI=1S/C15H23FN2O/c1-12(2)8-9-15(19)18(11-5-10-17)14-7-4-3-6-13(14)16/h3-4,6-7,12H,5,8-11,17H2,1-2H3. The number of anilines is 1. The summed E-state index contributed by atoms with van der Waals surface area (Å²) in [6.07, 6.45) is 1.92. The normalized spacial score (nSPS) is 10.8. The number of rotatable bonds is 7. The number of hydrogen-bond acceptors (Lipinski definition) is 2. The predicted molar refractivity (Wildman–Crippen MR) is 76.5 cm³/mol. The van der Waals surface area contributed by atoms with Crippen molar-refractivity contribution < 1.29 is 9.18 Å². The maximum atomic E-state index is 13.8. The van der Waals surface area contributed by atoms with Crippen molar-refractivity contribution in [2.75, 3.05) is 18.0 Å². The molecular weight excluding hydrogens is 243 g/mol. The lowest BCUT2D eigenvalue weighted by Crippen LogP contribution is -2.33. The van der Waals surface area contributed by atoms with E-state index in [4.69, 9.17) is 5.73 Å². The molecule has 2 N–H and O–H groups in total. The molecule has 1 amide bonds. The molecule has 0 unspecified atom stereocenters. The average Bonchev–Trinajstić information content (AvgIpc) is 2.38. The molecule has 0 bridgehead atoms. The van der Waals surface area contributed by atoms with E-state index in [1.165, 1.54) is 11.0 Å². The SMILES string of the molecule is CC(C)CCC(=O)N(CCCN)c1ccccc1F. The van der Waals surface area contributed by atoms with Crippen molar-refractivity contribution in [2.45, 2.75) is 33.1 Å². The molecule has 0 saturated carbocycles. The fourth-order valence-electron chi connectivity index (χ4n) is 1.85. The van der Waals surface area contributed by atoms with Crippen LogP contribution < -0.4 is 10.6 Å². The third kappa shape index (κ3) is 4.99. The summed E-state index contributed by atoms with van der Waals surface area (Å²) in [5.74, 6) is 0.0607. The number of benzene rings is 1. The van der Waals surface area contributed by atoms with E-state index >= 15 is 0 Å². The van der Waals surface area contributed by atoms with Crippen LogP contribution in [0.25, 0.3) is 0 Å². The van der Waals surface area contributed by atoms with Crippen LogP contribution in [0.2, 0.25) is 0 Å². The third-order valence-electron chi connectivity index (χ3n) is 2.97. The molecule has 0 aliphatic heterocycles. The van der Waals surface area contributed by atoms with Gasteiger partial charge in [-0.25, -0.2) is 4.39 Å². The van der Waals surface area contributed by atoms with E-state index in [1.54, 1.807) is 18.2 Å². The zero-order valence-corrected chi connectivity index (χ0v) is 11.7. The van der Waals surface area contributed by atoms with Gasteiger partial charge in [-0.1, -0.05) is 26.0 Å². The second kappa shape index (κ2) is 7.89. The lowest BCUT2D eigenvalue weighted by molar-refractivity contribution is -0.118. The Balaban J connectivity index is 2.82. The van der Waals surface area contributed by atoms with Crippen molar-refractivity contribution >= 4 is 11.6 Å². The Morgan fingerprint density at radius 3 is 2.63 bits per heavy atom. The molecule has 0 atom stereocenters. The summed E-state index contributed by atoms with van der Waals surface area (Å²) >= 11 is 0. The Bertz CT molecular complexity index is 407. The summed E-state index contributed by atoms with van der Waals surface area (Å²) in [7, 11) is 0. The van der Waals surface area contributed by atoms with Gasteiger partial charge in [0.1, 0.15) is 5.82 Å². The molecule has 106 valence electrons. The van der Waals surface area contributed by atoms with Gasteiger partial charge in [-0.2, -0.15) is 0 Å². The van der Waals surface area contributed by atoms with Gasteiger partial charge in [0.25, 0.3) is 0 Å². The highest BCUT2D eigenvalue weighted by Gasteiger charge is 2.18. The average molecular weight is 266 g/mol. The minimum atomic E-state index is -0.364. The lowest BCUT2D eigenvalue weighted by atomic mass is 10.1. The minimum Gasteiger partial charge on any atom is -0.330 e. The molecule has 0 fully saturated rings. The van der Waals surface area contributed by atoms with Crippen molar-refractivity contribution in [2.24, 2.45) is 11.7 Å². The van der Waals surface area contributed by atoms with Gasteiger partial charge in [0.05, 0.1) is 5.69 Å². The van der Waals surface area contributed by atoms with E-state index in [0.29, 0.717) is 37.5 Å². The highest BCUT2D eigenvalue weighted by Crippen LogP contribution is 2.20. The highest BCUT2D eigenvalue weighted by atomic mass is 19.1. The number of halogens is 1. The topological polar surface area (TPSA) is 46.3 Å². The number of carbonyl (C=O) groups is 1. The molecular formula is C15H23FN2O. The van der Waals surface area contributed by atoms with Crippen molar-refractivity contribution in [3.05, 3.63) is 30.1 Å². The number of para-hydroxylation sites is 1. The van der Waals surface area contributed by atoms with Gasteiger partial charge in [-0.3, -0.25) is 4.79 Å². The fourth-order valence-corrected chi connectivity index (χ4v) is 1.85. The Morgan fingerprint density at radius 2 is 2.05 bits per heavy atom. The van der Waals surface area contributed by atoms with Crippen LogP contribution in [0, 0.1) is 11.7 Å². The lowest BCUT2D eigenvalue weighted by Gasteiger charge is -2.23. The predicted octanol–water partition coefficient (Wildman–Crippen LogP) is 2.94. The molecule has 0 radical (unpaired) electrons. The first kappa shape index (κ1) is 15.6. The molecule has 3 nitrogen and oxygen atoms in total. The summed E-state index contributed by atoms with van der Waals surface area (Å²) in [5, 5.41) is 0. The second-order valence-electron chi connectivity index (χ2n) is 5.07. The molecule has 0 aliphatic rings. The van der Waals surface area contributed by atoms with Crippen molar-refractivity contribution in [3.63, 3.8) is 0 Å². The monoisotopic (exact) mass is 266 g/mol. The molecule has 0 aromatic heterocycles. The van der Waals surface area contributed by atoms with Gasteiger partial charge in [-0.05, 0) is 37.4 Å². The van der Waals surface area contributed by atoms with Gasteiger partial charge in [0.2, 0.25) is 5.91 Å². The molecule has 0 spiro atoms. The quantitative estimate of drug-likeness (QED) is 0.824. The Hall–Kier alpha value is -1.42. The second-order valence-corrected chi connectivity index (χ2v) is 5.07.